The first kappa shape index (κ1) is 14.7. The van der Waals surface area contributed by atoms with Gasteiger partial charge in [-0.3, -0.25) is 9.59 Å². The molecule has 0 aromatic rings. The number of carbonyl (C=O) groups excluding carboxylic acids is 2. The SMILES string of the molecule is C=CC(C(=O)NCC(=O)N(C)CC)C(C)C. The molecule has 0 heterocycles. The first-order valence-corrected chi connectivity index (χ1v) is 5.58. The van der Waals surface area contributed by atoms with E-state index >= 15 is 0 Å². The van der Waals surface area contributed by atoms with Crippen molar-refractivity contribution in [2.24, 2.45) is 11.8 Å². The van der Waals surface area contributed by atoms with E-state index in [-0.39, 0.29) is 30.2 Å². The maximum Gasteiger partial charge on any atom is 0.241 e. The Balaban J connectivity index is 4.16. The van der Waals surface area contributed by atoms with E-state index in [1.165, 1.54) is 0 Å². The Kier molecular flexibility index (Phi) is 6.46. The van der Waals surface area contributed by atoms with Crippen LogP contribution in [0.2, 0.25) is 0 Å². The molecule has 0 aliphatic heterocycles. The predicted octanol–water partition coefficient (Wildman–Crippen LogP) is 1.04. The number of carbonyl (C=O) groups is 2. The normalized spacial score (nSPS) is 12.1. The lowest BCUT2D eigenvalue weighted by molar-refractivity contribution is -0.132. The molecular formula is C12H22N2O2. The number of hydrogen-bond acceptors (Lipinski definition) is 2. The molecule has 1 unspecified atom stereocenters. The van der Waals surface area contributed by atoms with Crippen LogP contribution in [0.1, 0.15) is 20.8 Å². The molecule has 2 amide bonds. The van der Waals surface area contributed by atoms with E-state index in [9.17, 15) is 9.59 Å². The Morgan fingerprint density at radius 3 is 2.38 bits per heavy atom. The van der Waals surface area contributed by atoms with Crippen LogP contribution in [0.5, 0.6) is 0 Å². The lowest BCUT2D eigenvalue weighted by Gasteiger charge is -2.18. The largest absolute Gasteiger partial charge is 0.347 e. The molecular weight excluding hydrogens is 204 g/mol. The molecule has 0 saturated carbocycles. The van der Waals surface area contributed by atoms with Gasteiger partial charge in [0.05, 0.1) is 12.5 Å². The van der Waals surface area contributed by atoms with Crippen LogP contribution in [0.15, 0.2) is 12.7 Å². The van der Waals surface area contributed by atoms with Gasteiger partial charge in [-0.05, 0) is 12.8 Å². The molecule has 0 radical (unpaired) electrons. The zero-order valence-electron chi connectivity index (χ0n) is 10.6. The Bertz CT molecular complexity index is 262. The molecule has 0 spiro atoms. The fourth-order valence-corrected chi connectivity index (χ4v) is 1.27. The lowest BCUT2D eigenvalue weighted by Crippen LogP contribution is -2.40. The Morgan fingerprint density at radius 1 is 1.44 bits per heavy atom. The van der Waals surface area contributed by atoms with Crippen LogP contribution < -0.4 is 5.32 Å². The second kappa shape index (κ2) is 7.04. The van der Waals surface area contributed by atoms with E-state index in [1.54, 1.807) is 18.0 Å². The molecule has 16 heavy (non-hydrogen) atoms. The van der Waals surface area contributed by atoms with Gasteiger partial charge in [0.15, 0.2) is 0 Å². The molecule has 0 aromatic carbocycles. The average molecular weight is 226 g/mol. The zero-order chi connectivity index (χ0) is 12.7. The van der Waals surface area contributed by atoms with Gasteiger partial charge in [-0.1, -0.05) is 19.9 Å². The van der Waals surface area contributed by atoms with Gasteiger partial charge in [-0.2, -0.15) is 0 Å². The summed E-state index contributed by atoms with van der Waals surface area (Å²) in [7, 11) is 1.71. The lowest BCUT2D eigenvalue weighted by atomic mass is 9.95. The highest BCUT2D eigenvalue weighted by atomic mass is 16.2. The van der Waals surface area contributed by atoms with Crippen LogP contribution in [0, 0.1) is 11.8 Å². The first-order valence-electron chi connectivity index (χ1n) is 5.58. The molecule has 0 saturated heterocycles. The van der Waals surface area contributed by atoms with Crippen LogP contribution in [0.25, 0.3) is 0 Å². The van der Waals surface area contributed by atoms with E-state index in [4.69, 9.17) is 0 Å². The van der Waals surface area contributed by atoms with E-state index in [2.05, 4.69) is 11.9 Å². The highest BCUT2D eigenvalue weighted by Gasteiger charge is 2.19. The highest BCUT2D eigenvalue weighted by Crippen LogP contribution is 2.11. The summed E-state index contributed by atoms with van der Waals surface area (Å²) in [5.74, 6) is -0.262. The predicted molar refractivity (Wildman–Crippen MR) is 64.8 cm³/mol. The van der Waals surface area contributed by atoms with Crippen molar-refractivity contribution in [1.82, 2.24) is 10.2 Å². The van der Waals surface area contributed by atoms with Gasteiger partial charge >= 0.3 is 0 Å². The second-order valence-electron chi connectivity index (χ2n) is 4.13. The van der Waals surface area contributed by atoms with Gasteiger partial charge in [0.1, 0.15) is 0 Å². The standard InChI is InChI=1S/C12H22N2O2/c1-6-10(9(3)4)12(16)13-8-11(15)14(5)7-2/h6,9-10H,1,7-8H2,2-5H3,(H,13,16). The minimum Gasteiger partial charge on any atom is -0.347 e. The summed E-state index contributed by atoms with van der Waals surface area (Å²) in [6.07, 6.45) is 1.62. The molecule has 4 heteroatoms. The minimum atomic E-state index is -0.236. The smallest absolute Gasteiger partial charge is 0.241 e. The Hall–Kier alpha value is -1.32. The molecule has 4 nitrogen and oxygen atoms in total. The van der Waals surface area contributed by atoms with Gasteiger partial charge in [0.25, 0.3) is 0 Å². The Labute approximate surface area is 97.7 Å². The van der Waals surface area contributed by atoms with Gasteiger partial charge in [0, 0.05) is 13.6 Å². The van der Waals surface area contributed by atoms with Gasteiger partial charge < -0.3 is 10.2 Å². The number of nitrogens with zero attached hydrogens (tertiary/aromatic N) is 1. The third-order valence-corrected chi connectivity index (χ3v) is 2.59. The topological polar surface area (TPSA) is 49.4 Å². The average Bonchev–Trinajstić information content (AvgIpc) is 2.25. The summed E-state index contributed by atoms with van der Waals surface area (Å²) < 4.78 is 0. The fourth-order valence-electron chi connectivity index (χ4n) is 1.27. The molecule has 1 N–H and O–H groups in total. The summed E-state index contributed by atoms with van der Waals surface area (Å²) in [6.45, 7) is 10.1. The van der Waals surface area contributed by atoms with E-state index in [1.807, 2.05) is 20.8 Å². The number of rotatable bonds is 6. The fraction of sp³-hybridized carbons (Fsp3) is 0.667. The number of likely N-dealkylation sites (N-methyl/N-ethyl adjacent to an activating group) is 1. The van der Waals surface area contributed by atoms with Crippen molar-refractivity contribution in [3.8, 4) is 0 Å². The van der Waals surface area contributed by atoms with E-state index in [0.29, 0.717) is 6.54 Å². The first-order chi connectivity index (χ1) is 7.43. The van der Waals surface area contributed by atoms with Crippen LogP contribution >= 0.6 is 0 Å². The summed E-state index contributed by atoms with van der Waals surface area (Å²) in [6, 6.07) is 0. The van der Waals surface area contributed by atoms with Crippen molar-refractivity contribution in [2.45, 2.75) is 20.8 Å². The van der Waals surface area contributed by atoms with E-state index < -0.39 is 0 Å². The minimum absolute atomic E-state index is 0.0558. The molecule has 0 bridgehead atoms. The van der Waals surface area contributed by atoms with Crippen LogP contribution in [-0.2, 0) is 9.59 Å². The number of hydrogen-bond donors (Lipinski definition) is 1. The van der Waals surface area contributed by atoms with Crippen LogP contribution in [0.3, 0.4) is 0 Å². The van der Waals surface area contributed by atoms with Crippen LogP contribution in [-0.4, -0.2) is 36.9 Å². The molecule has 0 fully saturated rings. The Morgan fingerprint density at radius 2 is 2.00 bits per heavy atom. The van der Waals surface area contributed by atoms with Crippen molar-refractivity contribution in [3.63, 3.8) is 0 Å². The van der Waals surface area contributed by atoms with Crippen LogP contribution in [0.4, 0.5) is 0 Å². The third kappa shape index (κ3) is 4.47. The second-order valence-corrected chi connectivity index (χ2v) is 4.13. The molecule has 1 atom stereocenters. The maximum absolute atomic E-state index is 11.7. The van der Waals surface area contributed by atoms with Gasteiger partial charge in [-0.15, -0.1) is 6.58 Å². The van der Waals surface area contributed by atoms with Crippen molar-refractivity contribution in [3.05, 3.63) is 12.7 Å². The summed E-state index contributed by atoms with van der Waals surface area (Å²) in [4.78, 5) is 24.7. The maximum atomic E-state index is 11.7. The van der Waals surface area contributed by atoms with Crippen molar-refractivity contribution in [1.29, 1.82) is 0 Å². The van der Waals surface area contributed by atoms with Crippen molar-refractivity contribution < 1.29 is 9.59 Å². The molecule has 0 aromatic heterocycles. The van der Waals surface area contributed by atoms with Crippen molar-refractivity contribution in [2.75, 3.05) is 20.1 Å². The molecule has 0 aliphatic rings. The van der Waals surface area contributed by atoms with Crippen molar-refractivity contribution >= 4 is 11.8 Å². The summed E-state index contributed by atoms with van der Waals surface area (Å²) in [5.41, 5.74) is 0. The molecule has 0 aliphatic carbocycles. The van der Waals surface area contributed by atoms with E-state index in [0.717, 1.165) is 0 Å². The highest BCUT2D eigenvalue weighted by molar-refractivity contribution is 5.86. The third-order valence-electron chi connectivity index (χ3n) is 2.59. The monoisotopic (exact) mass is 226 g/mol. The quantitative estimate of drug-likeness (QED) is 0.688. The summed E-state index contributed by atoms with van der Waals surface area (Å²) in [5, 5.41) is 2.63. The summed E-state index contributed by atoms with van der Waals surface area (Å²) >= 11 is 0. The number of nitrogens with one attached hydrogen (secondary N) is 1. The van der Waals surface area contributed by atoms with Gasteiger partial charge in [0.2, 0.25) is 11.8 Å². The van der Waals surface area contributed by atoms with Gasteiger partial charge in [-0.25, -0.2) is 0 Å². The molecule has 92 valence electrons. The number of amides is 2. The zero-order valence-corrected chi connectivity index (χ0v) is 10.6. The molecule has 0 rings (SSSR count).